The van der Waals surface area contributed by atoms with Crippen molar-refractivity contribution < 1.29 is 9.53 Å². The van der Waals surface area contributed by atoms with Gasteiger partial charge in [0, 0.05) is 19.2 Å². The summed E-state index contributed by atoms with van der Waals surface area (Å²) in [5, 5.41) is 14.7. The van der Waals surface area contributed by atoms with E-state index in [1.165, 1.54) is 0 Å². The van der Waals surface area contributed by atoms with E-state index in [0.29, 0.717) is 0 Å². The van der Waals surface area contributed by atoms with Crippen molar-refractivity contribution in [3.63, 3.8) is 0 Å². The number of fused-ring (bicyclic) bond motifs is 1. The largest absolute Gasteiger partial charge is 0.461 e. The van der Waals surface area contributed by atoms with Gasteiger partial charge in [0.2, 0.25) is 0 Å². The fourth-order valence-electron chi connectivity index (χ4n) is 2.69. The number of carbonyl (C=O) groups is 1. The third-order valence-corrected chi connectivity index (χ3v) is 4.01. The van der Waals surface area contributed by atoms with Crippen LogP contribution in [-0.2, 0) is 23.2 Å². The predicted octanol–water partition coefficient (Wildman–Crippen LogP) is 1.54. The predicted molar refractivity (Wildman–Crippen MR) is 77.7 cm³/mol. The van der Waals surface area contributed by atoms with Crippen molar-refractivity contribution >= 4 is 17.0 Å². The van der Waals surface area contributed by atoms with Crippen molar-refractivity contribution in [2.45, 2.75) is 18.9 Å². The Labute approximate surface area is 126 Å². The van der Waals surface area contributed by atoms with E-state index < -0.39 is 0 Å². The molecule has 1 aliphatic carbocycles. The third kappa shape index (κ3) is 2.34. The minimum Gasteiger partial charge on any atom is -0.461 e. The quantitative estimate of drug-likeness (QED) is 0.738. The molecule has 2 atom stereocenters. The number of ether oxygens (including phenoxy) is 1. The maximum absolute atomic E-state index is 12.1. The number of aromatic nitrogens is 5. The highest BCUT2D eigenvalue weighted by Gasteiger charge is 2.45. The number of aryl methyl sites for hydroxylation is 1. The van der Waals surface area contributed by atoms with Crippen LogP contribution in [0.4, 0.5) is 0 Å². The van der Waals surface area contributed by atoms with Gasteiger partial charge in [0.15, 0.2) is 0 Å². The van der Waals surface area contributed by atoms with Crippen molar-refractivity contribution in [3.05, 3.63) is 41.7 Å². The summed E-state index contributed by atoms with van der Waals surface area (Å²) in [5.74, 6) is 0.0632. The molecule has 0 saturated heterocycles. The number of benzene rings is 1. The summed E-state index contributed by atoms with van der Waals surface area (Å²) in [6.45, 7) is 0.262. The van der Waals surface area contributed by atoms with Crippen molar-refractivity contribution in [2.24, 2.45) is 13.0 Å². The van der Waals surface area contributed by atoms with E-state index in [1.54, 1.807) is 4.68 Å². The van der Waals surface area contributed by atoms with Crippen LogP contribution in [0.1, 0.15) is 23.5 Å². The summed E-state index contributed by atoms with van der Waals surface area (Å²) in [7, 11) is 1.87. The lowest BCUT2D eigenvalue weighted by Gasteiger charge is -2.04. The van der Waals surface area contributed by atoms with Gasteiger partial charge in [0.25, 0.3) is 0 Å². The summed E-state index contributed by atoms with van der Waals surface area (Å²) in [5.41, 5.74) is 3.59. The zero-order valence-electron chi connectivity index (χ0n) is 12.1. The van der Waals surface area contributed by atoms with Gasteiger partial charge in [-0.1, -0.05) is 6.07 Å². The van der Waals surface area contributed by atoms with Crippen molar-refractivity contribution in [3.8, 4) is 0 Å². The van der Waals surface area contributed by atoms with E-state index in [0.717, 1.165) is 28.6 Å². The first-order chi connectivity index (χ1) is 10.7. The number of nitrogens with one attached hydrogen (secondary N) is 1. The fourth-order valence-corrected chi connectivity index (χ4v) is 2.69. The molecule has 2 aromatic heterocycles. The number of aromatic amines is 1. The summed E-state index contributed by atoms with van der Waals surface area (Å²) < 4.78 is 7.16. The normalized spacial score (nSPS) is 20.2. The average molecular weight is 297 g/mol. The molecule has 112 valence electrons. The number of carbonyl (C=O) groups excluding carboxylic acids is 1. The highest BCUT2D eigenvalue weighted by molar-refractivity contribution is 5.77. The van der Waals surface area contributed by atoms with Gasteiger partial charge in [0.05, 0.1) is 12.1 Å². The molecule has 0 spiro atoms. The lowest BCUT2D eigenvalue weighted by molar-refractivity contribution is -0.146. The molecule has 7 heteroatoms. The smallest absolute Gasteiger partial charge is 0.309 e. The Kier molecular flexibility index (Phi) is 2.92. The van der Waals surface area contributed by atoms with Gasteiger partial charge >= 0.3 is 5.97 Å². The molecule has 2 heterocycles. The Hall–Kier alpha value is -2.70. The minimum absolute atomic E-state index is 0.0417. The summed E-state index contributed by atoms with van der Waals surface area (Å²) in [6.07, 6.45) is 4.61. The molecule has 1 aromatic carbocycles. The molecule has 22 heavy (non-hydrogen) atoms. The molecule has 0 radical (unpaired) electrons. The lowest BCUT2D eigenvalue weighted by atomic mass is 10.2. The maximum atomic E-state index is 12.1. The van der Waals surface area contributed by atoms with Crippen LogP contribution in [-0.4, -0.2) is 31.2 Å². The van der Waals surface area contributed by atoms with Gasteiger partial charge in [-0.15, -0.1) is 0 Å². The molecule has 0 amide bonds. The van der Waals surface area contributed by atoms with E-state index in [9.17, 15) is 4.79 Å². The van der Waals surface area contributed by atoms with Crippen LogP contribution < -0.4 is 0 Å². The van der Waals surface area contributed by atoms with Crippen LogP contribution in [0.25, 0.3) is 11.0 Å². The van der Waals surface area contributed by atoms with Crippen LogP contribution in [0.15, 0.2) is 30.6 Å². The summed E-state index contributed by atoms with van der Waals surface area (Å²) in [6, 6.07) is 5.62. The molecular weight excluding hydrogens is 282 g/mol. The zero-order valence-corrected chi connectivity index (χ0v) is 12.1. The van der Waals surface area contributed by atoms with Crippen LogP contribution in [0.3, 0.4) is 0 Å². The zero-order chi connectivity index (χ0) is 15.1. The molecule has 1 fully saturated rings. The number of rotatable bonds is 4. The molecule has 3 aromatic rings. The van der Waals surface area contributed by atoms with Crippen molar-refractivity contribution in [1.29, 1.82) is 0 Å². The molecule has 1 N–H and O–H groups in total. The van der Waals surface area contributed by atoms with Crippen molar-refractivity contribution in [1.82, 2.24) is 25.2 Å². The van der Waals surface area contributed by atoms with E-state index in [2.05, 4.69) is 20.5 Å². The number of nitrogens with zero attached hydrogens (tertiary/aromatic N) is 4. The first-order valence-electron chi connectivity index (χ1n) is 7.15. The van der Waals surface area contributed by atoms with Gasteiger partial charge < -0.3 is 4.74 Å². The molecule has 7 nitrogen and oxygen atoms in total. The molecule has 0 bridgehead atoms. The van der Waals surface area contributed by atoms with E-state index in [-0.39, 0.29) is 24.4 Å². The Balaban J connectivity index is 1.37. The first kappa shape index (κ1) is 13.0. The standard InChI is InChI=1S/C15H15N5O2/c1-20-7-10(6-16-20)11-5-12(11)15(21)22-8-9-2-3-13-14(4-9)18-19-17-13/h2-4,6-7,11-12H,5,8H2,1H3,(H,17,18,19). The van der Waals surface area contributed by atoms with Gasteiger partial charge in [-0.05, 0) is 29.7 Å². The summed E-state index contributed by atoms with van der Waals surface area (Å²) in [4.78, 5) is 12.1. The molecule has 1 saturated carbocycles. The van der Waals surface area contributed by atoms with Gasteiger partial charge in [-0.3, -0.25) is 9.48 Å². The third-order valence-electron chi connectivity index (χ3n) is 4.01. The molecule has 0 aliphatic heterocycles. The average Bonchev–Trinajstić information content (AvgIpc) is 2.97. The molecule has 1 aliphatic rings. The maximum Gasteiger partial charge on any atom is 0.309 e. The second kappa shape index (κ2) is 4.94. The van der Waals surface area contributed by atoms with Crippen molar-refractivity contribution in [2.75, 3.05) is 0 Å². The number of hydrogen-bond donors (Lipinski definition) is 1. The van der Waals surface area contributed by atoms with Crippen LogP contribution in [0.2, 0.25) is 0 Å². The van der Waals surface area contributed by atoms with Gasteiger partial charge in [-0.2, -0.15) is 20.5 Å². The Morgan fingerprint density at radius 3 is 3.09 bits per heavy atom. The van der Waals surface area contributed by atoms with Crippen LogP contribution >= 0.6 is 0 Å². The molecule has 4 rings (SSSR count). The second-order valence-electron chi connectivity index (χ2n) is 5.65. The van der Waals surface area contributed by atoms with Crippen LogP contribution in [0.5, 0.6) is 0 Å². The first-order valence-corrected chi connectivity index (χ1v) is 7.15. The Morgan fingerprint density at radius 1 is 1.41 bits per heavy atom. The number of esters is 1. The molecular formula is C15H15N5O2. The number of H-pyrrole nitrogens is 1. The highest BCUT2D eigenvalue weighted by atomic mass is 16.5. The number of hydrogen-bond acceptors (Lipinski definition) is 5. The lowest BCUT2D eigenvalue weighted by Crippen LogP contribution is -2.07. The van der Waals surface area contributed by atoms with E-state index in [4.69, 9.17) is 4.74 Å². The Morgan fingerprint density at radius 2 is 2.27 bits per heavy atom. The molecule has 2 unspecified atom stereocenters. The SMILES string of the molecule is Cn1cc(C2CC2C(=O)OCc2ccc3n[nH]nc3c2)cn1. The van der Waals surface area contributed by atoms with E-state index in [1.807, 2.05) is 37.6 Å². The van der Waals surface area contributed by atoms with Gasteiger partial charge in [-0.25, -0.2) is 0 Å². The second-order valence-corrected chi connectivity index (χ2v) is 5.65. The van der Waals surface area contributed by atoms with Gasteiger partial charge in [0.1, 0.15) is 17.6 Å². The topological polar surface area (TPSA) is 85.7 Å². The fraction of sp³-hybridized carbons (Fsp3) is 0.333. The monoisotopic (exact) mass is 297 g/mol. The highest BCUT2D eigenvalue weighted by Crippen LogP contribution is 2.48. The van der Waals surface area contributed by atoms with E-state index >= 15 is 0 Å². The minimum atomic E-state index is -0.144. The Bertz CT molecular complexity index is 837. The summed E-state index contributed by atoms with van der Waals surface area (Å²) >= 11 is 0. The van der Waals surface area contributed by atoms with Crippen LogP contribution in [0, 0.1) is 5.92 Å².